The van der Waals surface area contributed by atoms with E-state index in [1.807, 2.05) is 0 Å². The lowest BCUT2D eigenvalue weighted by Crippen LogP contribution is -2.14. The SMILES string of the molecule is CCOC(=O)Cc1cc(C#N)c(C(F)(F)F)c(CBr)c1. The molecular formula is C13H11BrF3NO2. The van der Waals surface area contributed by atoms with Crippen molar-refractivity contribution in [1.82, 2.24) is 0 Å². The summed E-state index contributed by atoms with van der Waals surface area (Å²) < 4.78 is 43.5. The summed E-state index contributed by atoms with van der Waals surface area (Å²) in [6.07, 6.45) is -4.78. The quantitative estimate of drug-likeness (QED) is 0.616. The van der Waals surface area contributed by atoms with Crippen LogP contribution in [-0.2, 0) is 27.5 Å². The van der Waals surface area contributed by atoms with Crippen LogP contribution in [0.4, 0.5) is 13.2 Å². The molecule has 0 saturated heterocycles. The van der Waals surface area contributed by atoms with E-state index in [4.69, 9.17) is 10.00 Å². The molecular weight excluding hydrogens is 339 g/mol. The topological polar surface area (TPSA) is 50.1 Å². The standard InChI is InChI=1S/C13H11BrF3NO2/c1-2-20-11(19)5-8-3-9(6-14)12(13(15,16)17)10(4-8)7-18/h3-4H,2,5-6H2,1H3. The van der Waals surface area contributed by atoms with Gasteiger partial charge in [-0.3, -0.25) is 4.79 Å². The van der Waals surface area contributed by atoms with Crippen LogP contribution < -0.4 is 0 Å². The smallest absolute Gasteiger partial charge is 0.417 e. The van der Waals surface area contributed by atoms with E-state index in [1.54, 1.807) is 6.92 Å². The van der Waals surface area contributed by atoms with E-state index in [0.29, 0.717) is 5.56 Å². The van der Waals surface area contributed by atoms with Crippen LogP contribution in [0, 0.1) is 11.3 Å². The number of benzene rings is 1. The Labute approximate surface area is 122 Å². The Morgan fingerprint density at radius 1 is 1.45 bits per heavy atom. The van der Waals surface area contributed by atoms with E-state index in [2.05, 4.69) is 15.9 Å². The Bertz CT molecular complexity index is 550. The number of hydrogen-bond donors (Lipinski definition) is 0. The number of nitrogens with zero attached hydrogens (tertiary/aromatic N) is 1. The fraction of sp³-hybridized carbons (Fsp3) is 0.385. The number of rotatable bonds is 4. The Kier molecular flexibility index (Phi) is 5.57. The van der Waals surface area contributed by atoms with Crippen molar-refractivity contribution in [1.29, 1.82) is 5.26 Å². The number of nitriles is 1. The third-order valence-electron chi connectivity index (χ3n) is 2.48. The summed E-state index contributed by atoms with van der Waals surface area (Å²) >= 11 is 2.97. The van der Waals surface area contributed by atoms with Gasteiger partial charge in [-0.05, 0) is 24.1 Å². The summed E-state index contributed by atoms with van der Waals surface area (Å²) in [7, 11) is 0. The molecule has 20 heavy (non-hydrogen) atoms. The van der Waals surface area contributed by atoms with Crippen LogP contribution in [0.2, 0.25) is 0 Å². The van der Waals surface area contributed by atoms with Crippen molar-refractivity contribution in [2.45, 2.75) is 24.9 Å². The highest BCUT2D eigenvalue weighted by Crippen LogP contribution is 2.36. The average Bonchev–Trinajstić information content (AvgIpc) is 2.36. The molecule has 0 radical (unpaired) electrons. The van der Waals surface area contributed by atoms with Crippen molar-refractivity contribution in [2.24, 2.45) is 0 Å². The second-order valence-corrected chi connectivity index (χ2v) is 4.46. The predicted molar refractivity (Wildman–Crippen MR) is 69.1 cm³/mol. The zero-order chi connectivity index (χ0) is 15.3. The van der Waals surface area contributed by atoms with Crippen LogP contribution in [0.5, 0.6) is 0 Å². The maximum absolute atomic E-state index is 12.9. The highest BCUT2D eigenvalue weighted by Gasteiger charge is 2.36. The molecule has 1 aromatic rings. The Morgan fingerprint density at radius 3 is 2.55 bits per heavy atom. The zero-order valence-electron chi connectivity index (χ0n) is 10.6. The number of carbonyl (C=O) groups excluding carboxylic acids is 1. The van der Waals surface area contributed by atoms with E-state index in [1.165, 1.54) is 12.1 Å². The number of alkyl halides is 4. The van der Waals surface area contributed by atoms with Crippen LogP contribution in [0.1, 0.15) is 29.2 Å². The number of hydrogen-bond acceptors (Lipinski definition) is 3. The van der Waals surface area contributed by atoms with Crippen LogP contribution in [0.3, 0.4) is 0 Å². The van der Waals surface area contributed by atoms with Crippen LogP contribution in [-0.4, -0.2) is 12.6 Å². The van der Waals surface area contributed by atoms with E-state index >= 15 is 0 Å². The van der Waals surface area contributed by atoms with Gasteiger partial charge in [0.25, 0.3) is 0 Å². The highest BCUT2D eigenvalue weighted by molar-refractivity contribution is 9.08. The maximum Gasteiger partial charge on any atom is 0.417 e. The zero-order valence-corrected chi connectivity index (χ0v) is 12.1. The Hall–Kier alpha value is -1.55. The van der Waals surface area contributed by atoms with E-state index in [9.17, 15) is 18.0 Å². The van der Waals surface area contributed by atoms with Crippen molar-refractivity contribution in [2.75, 3.05) is 6.61 Å². The molecule has 0 bridgehead atoms. The van der Waals surface area contributed by atoms with Crippen molar-refractivity contribution in [3.63, 3.8) is 0 Å². The maximum atomic E-state index is 12.9. The lowest BCUT2D eigenvalue weighted by Gasteiger charge is -2.15. The van der Waals surface area contributed by atoms with Crippen LogP contribution in [0.25, 0.3) is 0 Å². The summed E-state index contributed by atoms with van der Waals surface area (Å²) in [5.74, 6) is -0.545. The minimum atomic E-state index is -4.61. The highest BCUT2D eigenvalue weighted by atomic mass is 79.9. The van der Waals surface area contributed by atoms with Crippen LogP contribution in [0.15, 0.2) is 12.1 Å². The molecule has 0 aliphatic carbocycles. The fourth-order valence-corrected chi connectivity index (χ4v) is 2.22. The van der Waals surface area contributed by atoms with Crippen molar-refractivity contribution in [3.8, 4) is 6.07 Å². The molecule has 0 heterocycles. The Morgan fingerprint density at radius 2 is 2.10 bits per heavy atom. The fourth-order valence-electron chi connectivity index (χ4n) is 1.78. The molecule has 108 valence electrons. The first kappa shape index (κ1) is 16.5. The molecule has 1 aromatic carbocycles. The van der Waals surface area contributed by atoms with Gasteiger partial charge in [-0.15, -0.1) is 0 Å². The molecule has 0 atom stereocenters. The summed E-state index contributed by atoms with van der Waals surface area (Å²) in [6.45, 7) is 1.82. The minimum Gasteiger partial charge on any atom is -0.466 e. The molecule has 0 aliphatic heterocycles. The number of halogens is 4. The lowest BCUT2D eigenvalue weighted by molar-refractivity contribution is -0.142. The Balaban J connectivity index is 3.27. The molecule has 0 fully saturated rings. The van der Waals surface area contributed by atoms with Gasteiger partial charge in [-0.1, -0.05) is 22.0 Å². The number of esters is 1. The van der Waals surface area contributed by atoms with Crippen molar-refractivity contribution >= 4 is 21.9 Å². The predicted octanol–water partition coefficient (Wildman–Crippen LogP) is 3.58. The van der Waals surface area contributed by atoms with Gasteiger partial charge in [-0.2, -0.15) is 18.4 Å². The van der Waals surface area contributed by atoms with Gasteiger partial charge in [0.1, 0.15) is 0 Å². The normalized spacial score (nSPS) is 11.0. The first-order valence-electron chi connectivity index (χ1n) is 5.68. The third kappa shape index (κ3) is 3.97. The van der Waals surface area contributed by atoms with E-state index in [-0.39, 0.29) is 23.9 Å². The molecule has 0 N–H and O–H groups in total. The van der Waals surface area contributed by atoms with Gasteiger partial charge in [0.05, 0.1) is 30.2 Å². The summed E-state index contributed by atoms with van der Waals surface area (Å²) in [4.78, 5) is 11.4. The summed E-state index contributed by atoms with van der Waals surface area (Å²) in [5, 5.41) is 8.82. The lowest BCUT2D eigenvalue weighted by atomic mass is 9.97. The van der Waals surface area contributed by atoms with Gasteiger partial charge in [0.2, 0.25) is 0 Å². The number of carbonyl (C=O) groups is 1. The second kappa shape index (κ2) is 6.75. The molecule has 7 heteroatoms. The van der Waals surface area contributed by atoms with Crippen molar-refractivity contribution < 1.29 is 22.7 Å². The van der Waals surface area contributed by atoms with Gasteiger partial charge < -0.3 is 4.74 Å². The number of ether oxygens (including phenoxy) is 1. The molecule has 0 aliphatic rings. The first-order chi connectivity index (χ1) is 9.33. The molecule has 0 unspecified atom stereocenters. The molecule has 0 amide bonds. The average molecular weight is 350 g/mol. The van der Waals surface area contributed by atoms with Crippen LogP contribution >= 0.6 is 15.9 Å². The second-order valence-electron chi connectivity index (χ2n) is 3.90. The molecule has 1 rings (SSSR count). The summed E-state index contributed by atoms with van der Waals surface area (Å²) in [6, 6.07) is 3.86. The van der Waals surface area contributed by atoms with Gasteiger partial charge in [0.15, 0.2) is 0 Å². The minimum absolute atomic E-state index is 0.0623. The summed E-state index contributed by atoms with van der Waals surface area (Å²) in [5.41, 5.74) is -1.21. The van der Waals surface area contributed by atoms with Gasteiger partial charge in [0, 0.05) is 5.33 Å². The first-order valence-corrected chi connectivity index (χ1v) is 6.80. The van der Waals surface area contributed by atoms with E-state index < -0.39 is 23.3 Å². The van der Waals surface area contributed by atoms with Gasteiger partial charge in [-0.25, -0.2) is 0 Å². The largest absolute Gasteiger partial charge is 0.466 e. The third-order valence-corrected chi connectivity index (χ3v) is 3.09. The molecule has 0 spiro atoms. The molecule has 3 nitrogen and oxygen atoms in total. The molecule has 0 saturated carbocycles. The van der Waals surface area contributed by atoms with Crippen molar-refractivity contribution in [3.05, 3.63) is 34.4 Å². The molecule has 0 aromatic heterocycles. The van der Waals surface area contributed by atoms with Gasteiger partial charge >= 0.3 is 12.1 Å². The van der Waals surface area contributed by atoms with E-state index in [0.717, 1.165) is 6.07 Å². The monoisotopic (exact) mass is 349 g/mol.